The Morgan fingerprint density at radius 3 is 2.62 bits per heavy atom. The van der Waals surface area contributed by atoms with E-state index in [0.717, 1.165) is 12.8 Å². The highest BCUT2D eigenvalue weighted by atomic mass is 15.3. The lowest BCUT2D eigenvalue weighted by Crippen LogP contribution is -2.27. The normalized spacial score (nSPS) is 29.1. The summed E-state index contributed by atoms with van der Waals surface area (Å²) >= 11 is 0. The van der Waals surface area contributed by atoms with Gasteiger partial charge in [-0.15, -0.1) is 0 Å². The van der Waals surface area contributed by atoms with Crippen molar-refractivity contribution in [2.24, 2.45) is 5.73 Å². The minimum absolute atomic E-state index is 0.424. The van der Waals surface area contributed by atoms with E-state index in [0.29, 0.717) is 12.1 Å². The third kappa shape index (κ3) is 1.91. The molecule has 1 heterocycles. The van der Waals surface area contributed by atoms with E-state index in [1.54, 1.807) is 0 Å². The van der Waals surface area contributed by atoms with Crippen LogP contribution in [0.1, 0.15) is 37.3 Å². The van der Waals surface area contributed by atoms with Crippen molar-refractivity contribution < 1.29 is 0 Å². The standard InChI is InChI=1S/C10H17N3/c1-8-6-12-13(7-8)10-4-2-9(11)3-5-10/h6-7,9-10H,2-5,11H2,1H3. The highest BCUT2D eigenvalue weighted by molar-refractivity contribution is 5.00. The van der Waals surface area contributed by atoms with Crippen molar-refractivity contribution in [3.8, 4) is 0 Å². The molecule has 3 nitrogen and oxygen atoms in total. The van der Waals surface area contributed by atoms with Gasteiger partial charge in [-0.1, -0.05) is 0 Å². The van der Waals surface area contributed by atoms with Crippen molar-refractivity contribution in [3.63, 3.8) is 0 Å². The molecule has 1 aliphatic rings. The number of rotatable bonds is 1. The smallest absolute Gasteiger partial charge is 0.0520 e. The van der Waals surface area contributed by atoms with Gasteiger partial charge in [0.25, 0.3) is 0 Å². The Kier molecular flexibility index (Phi) is 2.36. The molecule has 0 atom stereocenters. The van der Waals surface area contributed by atoms with Gasteiger partial charge >= 0.3 is 0 Å². The zero-order valence-electron chi connectivity index (χ0n) is 8.11. The first kappa shape index (κ1) is 8.75. The Balaban J connectivity index is 2.02. The first-order valence-corrected chi connectivity index (χ1v) is 5.02. The molecule has 2 N–H and O–H groups in total. The van der Waals surface area contributed by atoms with Gasteiger partial charge in [-0.25, -0.2) is 0 Å². The van der Waals surface area contributed by atoms with E-state index in [2.05, 4.69) is 22.9 Å². The maximum Gasteiger partial charge on any atom is 0.0520 e. The van der Waals surface area contributed by atoms with Crippen LogP contribution in [0, 0.1) is 6.92 Å². The fourth-order valence-electron chi connectivity index (χ4n) is 2.00. The number of hydrogen-bond acceptors (Lipinski definition) is 2. The molecule has 0 spiro atoms. The van der Waals surface area contributed by atoms with Crippen LogP contribution in [0.4, 0.5) is 0 Å². The summed E-state index contributed by atoms with van der Waals surface area (Å²) in [5.41, 5.74) is 7.10. The maximum atomic E-state index is 5.85. The number of aromatic nitrogens is 2. The van der Waals surface area contributed by atoms with Gasteiger partial charge in [-0.2, -0.15) is 5.10 Å². The minimum atomic E-state index is 0.424. The fourth-order valence-corrected chi connectivity index (χ4v) is 2.00. The fraction of sp³-hybridized carbons (Fsp3) is 0.700. The van der Waals surface area contributed by atoms with Gasteiger partial charge in [0.1, 0.15) is 0 Å². The van der Waals surface area contributed by atoms with Crippen LogP contribution < -0.4 is 5.73 Å². The zero-order valence-corrected chi connectivity index (χ0v) is 8.11. The topological polar surface area (TPSA) is 43.8 Å². The molecule has 0 saturated heterocycles. The van der Waals surface area contributed by atoms with Crippen LogP contribution in [-0.2, 0) is 0 Å². The van der Waals surface area contributed by atoms with E-state index >= 15 is 0 Å². The predicted molar refractivity (Wildman–Crippen MR) is 52.4 cm³/mol. The molecule has 2 rings (SSSR count). The third-order valence-electron chi connectivity index (χ3n) is 2.85. The van der Waals surface area contributed by atoms with Crippen LogP contribution in [0.2, 0.25) is 0 Å². The molecule has 13 heavy (non-hydrogen) atoms. The molecule has 0 amide bonds. The maximum absolute atomic E-state index is 5.85. The molecular weight excluding hydrogens is 162 g/mol. The second kappa shape index (κ2) is 3.50. The molecule has 0 unspecified atom stereocenters. The van der Waals surface area contributed by atoms with E-state index in [1.165, 1.54) is 18.4 Å². The molecule has 72 valence electrons. The second-order valence-corrected chi connectivity index (χ2v) is 4.07. The van der Waals surface area contributed by atoms with Crippen molar-refractivity contribution in [1.82, 2.24) is 9.78 Å². The third-order valence-corrected chi connectivity index (χ3v) is 2.85. The average Bonchev–Trinajstić information content (AvgIpc) is 2.53. The Morgan fingerprint density at radius 2 is 2.08 bits per heavy atom. The van der Waals surface area contributed by atoms with Crippen molar-refractivity contribution >= 4 is 0 Å². The summed E-state index contributed by atoms with van der Waals surface area (Å²) in [5.74, 6) is 0. The molecule has 0 aliphatic heterocycles. The summed E-state index contributed by atoms with van der Waals surface area (Å²) in [7, 11) is 0. The average molecular weight is 179 g/mol. The Hall–Kier alpha value is -0.830. The van der Waals surface area contributed by atoms with Crippen LogP contribution >= 0.6 is 0 Å². The molecular formula is C10H17N3. The van der Waals surface area contributed by atoms with Crippen LogP contribution in [0.5, 0.6) is 0 Å². The molecule has 1 aromatic heterocycles. The first-order valence-electron chi connectivity index (χ1n) is 5.02. The Labute approximate surface area is 78.9 Å². The van der Waals surface area contributed by atoms with E-state index in [9.17, 15) is 0 Å². The van der Waals surface area contributed by atoms with Gasteiger partial charge in [0.15, 0.2) is 0 Å². The predicted octanol–water partition coefficient (Wildman–Crippen LogP) is 1.63. The van der Waals surface area contributed by atoms with Gasteiger partial charge in [-0.05, 0) is 38.2 Å². The molecule has 1 aromatic rings. The van der Waals surface area contributed by atoms with E-state index in [1.807, 2.05) is 6.20 Å². The van der Waals surface area contributed by atoms with E-state index < -0.39 is 0 Å². The summed E-state index contributed by atoms with van der Waals surface area (Å²) in [5, 5.41) is 4.34. The summed E-state index contributed by atoms with van der Waals surface area (Å²) in [6.07, 6.45) is 8.70. The lowest BCUT2D eigenvalue weighted by Gasteiger charge is -2.26. The molecule has 0 radical (unpaired) electrons. The van der Waals surface area contributed by atoms with Gasteiger partial charge < -0.3 is 5.73 Å². The molecule has 0 aromatic carbocycles. The van der Waals surface area contributed by atoms with Gasteiger partial charge in [-0.3, -0.25) is 4.68 Å². The van der Waals surface area contributed by atoms with E-state index in [4.69, 9.17) is 5.73 Å². The number of nitrogens with two attached hydrogens (primary N) is 1. The molecule has 1 aliphatic carbocycles. The van der Waals surface area contributed by atoms with Crippen LogP contribution in [0.15, 0.2) is 12.4 Å². The van der Waals surface area contributed by atoms with Crippen molar-refractivity contribution in [2.45, 2.75) is 44.7 Å². The quantitative estimate of drug-likeness (QED) is 0.712. The number of nitrogens with zero attached hydrogens (tertiary/aromatic N) is 2. The Morgan fingerprint density at radius 1 is 1.38 bits per heavy atom. The highest BCUT2D eigenvalue weighted by Crippen LogP contribution is 2.26. The van der Waals surface area contributed by atoms with Crippen LogP contribution in [0.25, 0.3) is 0 Å². The summed E-state index contributed by atoms with van der Waals surface area (Å²) < 4.78 is 2.10. The zero-order chi connectivity index (χ0) is 9.26. The lowest BCUT2D eigenvalue weighted by atomic mass is 9.92. The monoisotopic (exact) mass is 179 g/mol. The molecule has 1 fully saturated rings. The number of aryl methyl sites for hydroxylation is 1. The molecule has 0 bridgehead atoms. The van der Waals surface area contributed by atoms with Crippen LogP contribution in [0.3, 0.4) is 0 Å². The highest BCUT2D eigenvalue weighted by Gasteiger charge is 2.19. The summed E-state index contributed by atoms with van der Waals surface area (Å²) in [4.78, 5) is 0. The largest absolute Gasteiger partial charge is 0.328 e. The van der Waals surface area contributed by atoms with Crippen LogP contribution in [-0.4, -0.2) is 15.8 Å². The van der Waals surface area contributed by atoms with Crippen molar-refractivity contribution in [1.29, 1.82) is 0 Å². The first-order chi connectivity index (χ1) is 6.25. The summed E-state index contributed by atoms with van der Waals surface area (Å²) in [6, 6.07) is 1.02. The van der Waals surface area contributed by atoms with Gasteiger partial charge in [0.05, 0.1) is 12.2 Å². The Bertz CT molecular complexity index is 271. The van der Waals surface area contributed by atoms with Crippen molar-refractivity contribution in [2.75, 3.05) is 0 Å². The molecule has 1 saturated carbocycles. The molecule has 3 heteroatoms. The number of hydrogen-bond donors (Lipinski definition) is 1. The minimum Gasteiger partial charge on any atom is -0.328 e. The second-order valence-electron chi connectivity index (χ2n) is 4.07. The van der Waals surface area contributed by atoms with Crippen molar-refractivity contribution in [3.05, 3.63) is 18.0 Å². The SMILES string of the molecule is Cc1cnn(C2CCC(N)CC2)c1. The van der Waals surface area contributed by atoms with E-state index in [-0.39, 0.29) is 0 Å². The van der Waals surface area contributed by atoms with Gasteiger partial charge in [0.2, 0.25) is 0 Å². The lowest BCUT2D eigenvalue weighted by molar-refractivity contribution is 0.304. The van der Waals surface area contributed by atoms with Gasteiger partial charge in [0, 0.05) is 12.2 Å². The summed E-state index contributed by atoms with van der Waals surface area (Å²) in [6.45, 7) is 2.08.